The second-order valence-electron chi connectivity index (χ2n) is 6.14. The Morgan fingerprint density at radius 1 is 0.963 bits per heavy atom. The van der Waals surface area contributed by atoms with Gasteiger partial charge in [-0.05, 0) is 48.5 Å². The minimum Gasteiger partial charge on any atom is -0.497 e. The molecule has 27 heavy (non-hydrogen) atoms. The first-order valence-electron chi connectivity index (χ1n) is 8.66. The number of thioether (sulfide) groups is 1. The molecule has 5 nitrogen and oxygen atoms in total. The molecule has 2 amide bonds. The highest BCUT2D eigenvalue weighted by Crippen LogP contribution is 2.19. The number of hydrogen-bond acceptors (Lipinski definition) is 4. The van der Waals surface area contributed by atoms with Gasteiger partial charge in [0.2, 0.25) is 5.91 Å². The van der Waals surface area contributed by atoms with Gasteiger partial charge < -0.3 is 14.5 Å². The van der Waals surface area contributed by atoms with E-state index in [0.29, 0.717) is 43.2 Å². The number of ether oxygens (including phenoxy) is 1. The Morgan fingerprint density at radius 2 is 1.56 bits per heavy atom. The van der Waals surface area contributed by atoms with Gasteiger partial charge in [-0.15, -0.1) is 11.8 Å². The van der Waals surface area contributed by atoms with Gasteiger partial charge in [0.15, 0.2) is 0 Å². The van der Waals surface area contributed by atoms with Crippen LogP contribution < -0.4 is 4.74 Å². The van der Waals surface area contributed by atoms with Crippen molar-refractivity contribution in [1.29, 1.82) is 0 Å². The number of nitrogens with zero attached hydrogens (tertiary/aromatic N) is 2. The van der Waals surface area contributed by atoms with Crippen molar-refractivity contribution in [3.8, 4) is 5.75 Å². The fraction of sp³-hybridized carbons (Fsp3) is 0.300. The van der Waals surface area contributed by atoms with Gasteiger partial charge in [0.1, 0.15) is 11.6 Å². The van der Waals surface area contributed by atoms with Crippen LogP contribution in [0.3, 0.4) is 0 Å². The van der Waals surface area contributed by atoms with Crippen molar-refractivity contribution < 1.29 is 18.7 Å². The van der Waals surface area contributed by atoms with E-state index in [-0.39, 0.29) is 17.6 Å². The summed E-state index contributed by atoms with van der Waals surface area (Å²) < 4.78 is 18.0. The zero-order valence-corrected chi connectivity index (χ0v) is 15.9. The summed E-state index contributed by atoms with van der Waals surface area (Å²) in [7, 11) is 1.58. The lowest BCUT2D eigenvalue weighted by Gasteiger charge is -2.34. The Labute approximate surface area is 162 Å². The molecule has 0 spiro atoms. The Bertz CT molecular complexity index is 788. The van der Waals surface area contributed by atoms with Crippen molar-refractivity contribution in [3.05, 3.63) is 59.9 Å². The van der Waals surface area contributed by atoms with Crippen molar-refractivity contribution >= 4 is 23.6 Å². The number of benzene rings is 2. The van der Waals surface area contributed by atoms with Gasteiger partial charge in [-0.25, -0.2) is 4.39 Å². The largest absolute Gasteiger partial charge is 0.497 e. The van der Waals surface area contributed by atoms with Gasteiger partial charge in [-0.1, -0.05) is 0 Å². The number of piperazine rings is 1. The molecule has 0 aromatic heterocycles. The van der Waals surface area contributed by atoms with Crippen LogP contribution in [-0.2, 0) is 4.79 Å². The van der Waals surface area contributed by atoms with Crippen LogP contribution in [0.25, 0.3) is 0 Å². The van der Waals surface area contributed by atoms with Gasteiger partial charge in [0.05, 0.1) is 12.9 Å². The van der Waals surface area contributed by atoms with Crippen molar-refractivity contribution in [3.63, 3.8) is 0 Å². The summed E-state index contributed by atoms with van der Waals surface area (Å²) in [6, 6.07) is 13.1. The molecule has 2 aromatic carbocycles. The first-order valence-corrected chi connectivity index (χ1v) is 9.65. The zero-order chi connectivity index (χ0) is 19.2. The minimum atomic E-state index is -0.289. The Morgan fingerprint density at radius 3 is 2.15 bits per heavy atom. The predicted octanol–water partition coefficient (Wildman–Crippen LogP) is 2.91. The molecule has 0 saturated carbocycles. The molecule has 0 aliphatic carbocycles. The van der Waals surface area contributed by atoms with Crippen LogP contribution in [0, 0.1) is 5.82 Å². The van der Waals surface area contributed by atoms with Crippen LogP contribution in [0.15, 0.2) is 53.4 Å². The number of carbonyl (C=O) groups is 2. The van der Waals surface area contributed by atoms with Crippen LogP contribution in [0.5, 0.6) is 5.75 Å². The van der Waals surface area contributed by atoms with Crippen LogP contribution in [0.4, 0.5) is 4.39 Å². The molecule has 7 heteroatoms. The van der Waals surface area contributed by atoms with E-state index in [2.05, 4.69) is 0 Å². The number of halogens is 1. The number of carbonyl (C=O) groups excluding carboxylic acids is 2. The van der Waals surface area contributed by atoms with Gasteiger partial charge in [0.25, 0.3) is 5.91 Å². The third kappa shape index (κ3) is 5.01. The molecule has 0 bridgehead atoms. The molecular formula is C20H21FN2O3S. The Balaban J connectivity index is 1.48. The SMILES string of the molecule is COc1ccc(C(=O)N2CCN(C(=O)CSc3ccc(F)cc3)CC2)cc1. The molecule has 142 valence electrons. The lowest BCUT2D eigenvalue weighted by Crippen LogP contribution is -2.51. The molecular weight excluding hydrogens is 367 g/mol. The quantitative estimate of drug-likeness (QED) is 0.739. The summed E-state index contributed by atoms with van der Waals surface area (Å²) in [6.45, 7) is 2.06. The minimum absolute atomic E-state index is 0.0286. The molecule has 1 heterocycles. The molecule has 3 rings (SSSR count). The lowest BCUT2D eigenvalue weighted by atomic mass is 10.1. The van der Waals surface area contributed by atoms with E-state index in [1.54, 1.807) is 53.3 Å². The fourth-order valence-corrected chi connectivity index (χ4v) is 3.64. The normalized spacial score (nSPS) is 14.1. The predicted molar refractivity (Wildman–Crippen MR) is 103 cm³/mol. The molecule has 0 radical (unpaired) electrons. The molecule has 0 unspecified atom stereocenters. The summed E-state index contributed by atoms with van der Waals surface area (Å²) in [5.41, 5.74) is 0.613. The summed E-state index contributed by atoms with van der Waals surface area (Å²) in [4.78, 5) is 29.3. The maximum Gasteiger partial charge on any atom is 0.253 e. The third-order valence-electron chi connectivity index (χ3n) is 4.43. The van der Waals surface area contributed by atoms with Crippen LogP contribution >= 0.6 is 11.8 Å². The maximum absolute atomic E-state index is 12.9. The lowest BCUT2D eigenvalue weighted by molar-refractivity contribution is -0.129. The van der Waals surface area contributed by atoms with E-state index in [4.69, 9.17) is 4.74 Å². The van der Waals surface area contributed by atoms with Crippen LogP contribution in [-0.4, -0.2) is 60.7 Å². The highest BCUT2D eigenvalue weighted by atomic mass is 32.2. The first kappa shape index (κ1) is 19.2. The van der Waals surface area contributed by atoms with E-state index in [0.717, 1.165) is 4.90 Å². The first-order chi connectivity index (χ1) is 13.1. The summed E-state index contributed by atoms with van der Waals surface area (Å²) in [6.07, 6.45) is 0. The fourth-order valence-electron chi connectivity index (χ4n) is 2.84. The molecule has 1 saturated heterocycles. The maximum atomic E-state index is 12.9. The van der Waals surface area contributed by atoms with Crippen molar-refractivity contribution in [1.82, 2.24) is 9.80 Å². The third-order valence-corrected chi connectivity index (χ3v) is 5.43. The summed E-state index contributed by atoms with van der Waals surface area (Å²) in [5, 5.41) is 0. The molecule has 0 atom stereocenters. The molecule has 1 fully saturated rings. The van der Waals surface area contributed by atoms with E-state index >= 15 is 0 Å². The molecule has 2 aromatic rings. The van der Waals surface area contributed by atoms with Crippen molar-refractivity contribution in [2.24, 2.45) is 0 Å². The molecule has 1 aliphatic rings. The zero-order valence-electron chi connectivity index (χ0n) is 15.1. The van der Waals surface area contributed by atoms with Gasteiger partial charge in [-0.3, -0.25) is 9.59 Å². The van der Waals surface area contributed by atoms with E-state index in [1.165, 1.54) is 23.9 Å². The highest BCUT2D eigenvalue weighted by Gasteiger charge is 2.24. The average molecular weight is 388 g/mol. The Hall–Kier alpha value is -2.54. The topological polar surface area (TPSA) is 49.9 Å². The monoisotopic (exact) mass is 388 g/mol. The number of methoxy groups -OCH3 is 1. The van der Waals surface area contributed by atoms with E-state index in [1.807, 2.05) is 0 Å². The van der Waals surface area contributed by atoms with Gasteiger partial charge in [-0.2, -0.15) is 0 Å². The summed E-state index contributed by atoms with van der Waals surface area (Å²) in [5.74, 6) is 0.716. The second kappa shape index (κ2) is 8.90. The van der Waals surface area contributed by atoms with Crippen molar-refractivity contribution in [2.45, 2.75) is 4.90 Å². The standard InChI is InChI=1S/C20H21FN2O3S/c1-26-17-6-2-15(3-7-17)20(25)23-12-10-22(11-13-23)19(24)14-27-18-8-4-16(21)5-9-18/h2-9H,10-14H2,1H3. The highest BCUT2D eigenvalue weighted by molar-refractivity contribution is 8.00. The number of hydrogen-bond donors (Lipinski definition) is 0. The van der Waals surface area contributed by atoms with Gasteiger partial charge in [0, 0.05) is 36.6 Å². The molecule has 1 aliphatic heterocycles. The number of rotatable bonds is 5. The average Bonchev–Trinajstić information content (AvgIpc) is 2.73. The van der Waals surface area contributed by atoms with E-state index < -0.39 is 0 Å². The molecule has 0 N–H and O–H groups in total. The summed E-state index contributed by atoms with van der Waals surface area (Å²) >= 11 is 1.39. The van der Waals surface area contributed by atoms with Crippen molar-refractivity contribution in [2.75, 3.05) is 39.0 Å². The number of amides is 2. The van der Waals surface area contributed by atoms with Gasteiger partial charge >= 0.3 is 0 Å². The van der Waals surface area contributed by atoms with E-state index in [9.17, 15) is 14.0 Å². The van der Waals surface area contributed by atoms with Crippen LogP contribution in [0.1, 0.15) is 10.4 Å². The smallest absolute Gasteiger partial charge is 0.253 e. The Kier molecular flexibility index (Phi) is 6.34. The van der Waals surface area contributed by atoms with Crippen LogP contribution in [0.2, 0.25) is 0 Å². The second-order valence-corrected chi connectivity index (χ2v) is 7.19.